The second kappa shape index (κ2) is 7.92. The van der Waals surface area contributed by atoms with Crippen LogP contribution in [0, 0.1) is 5.41 Å². The van der Waals surface area contributed by atoms with Crippen LogP contribution in [0.2, 0.25) is 0 Å². The van der Waals surface area contributed by atoms with Crippen LogP contribution in [0.3, 0.4) is 0 Å². The van der Waals surface area contributed by atoms with Gasteiger partial charge in [0.05, 0.1) is 12.6 Å². The summed E-state index contributed by atoms with van der Waals surface area (Å²) in [5.41, 5.74) is 0.306. The molecule has 0 radical (unpaired) electrons. The molecule has 2 aliphatic heterocycles. The molecule has 6 heteroatoms. The number of rotatable bonds is 4. The number of aryl methyl sites for hydroxylation is 1. The number of hydrogen-bond donors (Lipinski definition) is 1. The number of piperidine rings is 2. The van der Waals surface area contributed by atoms with Crippen LogP contribution in [0.25, 0.3) is 0 Å². The van der Waals surface area contributed by atoms with Gasteiger partial charge in [0.25, 0.3) is 0 Å². The van der Waals surface area contributed by atoms with Gasteiger partial charge in [-0.1, -0.05) is 0 Å². The van der Waals surface area contributed by atoms with E-state index in [1.165, 1.54) is 12.8 Å². The fraction of sp³-hybridized carbons (Fsp3) is 0.810. The molecule has 0 unspecified atom stereocenters. The highest BCUT2D eigenvalue weighted by atomic mass is 16.3. The summed E-state index contributed by atoms with van der Waals surface area (Å²) in [6.07, 6.45) is 11.5. The van der Waals surface area contributed by atoms with Gasteiger partial charge < -0.3 is 14.6 Å². The minimum Gasteiger partial charge on any atom is -0.393 e. The van der Waals surface area contributed by atoms with Crippen LogP contribution in [0.1, 0.15) is 64.1 Å². The van der Waals surface area contributed by atoms with Crippen LogP contribution in [-0.4, -0.2) is 62.1 Å². The van der Waals surface area contributed by atoms with Crippen LogP contribution in [0.5, 0.6) is 0 Å². The highest BCUT2D eigenvalue weighted by molar-refractivity contribution is 5.77. The lowest BCUT2D eigenvalue weighted by Gasteiger charge is -2.50. The van der Waals surface area contributed by atoms with E-state index in [4.69, 9.17) is 0 Å². The smallest absolute Gasteiger partial charge is 0.222 e. The Morgan fingerprint density at radius 1 is 1.19 bits per heavy atom. The summed E-state index contributed by atoms with van der Waals surface area (Å²) < 4.78 is 2.23. The average molecular weight is 375 g/mol. The van der Waals surface area contributed by atoms with Crippen molar-refractivity contribution in [3.63, 3.8) is 0 Å². The number of hydrogen-bond acceptors (Lipinski definition) is 4. The van der Waals surface area contributed by atoms with E-state index < -0.39 is 0 Å². The summed E-state index contributed by atoms with van der Waals surface area (Å²) in [6, 6.07) is 0.355. The molecule has 1 aromatic heterocycles. The number of carbonyl (C=O) groups is 1. The zero-order chi connectivity index (χ0) is 18.9. The molecule has 0 bridgehead atoms. The van der Waals surface area contributed by atoms with Gasteiger partial charge in [-0.2, -0.15) is 0 Å². The first-order valence-corrected chi connectivity index (χ1v) is 10.8. The lowest BCUT2D eigenvalue weighted by molar-refractivity contribution is -0.144. The Morgan fingerprint density at radius 3 is 2.63 bits per heavy atom. The molecule has 2 saturated heterocycles. The summed E-state index contributed by atoms with van der Waals surface area (Å²) in [6.45, 7) is 7.20. The molecule has 3 fully saturated rings. The molecule has 1 saturated carbocycles. The fourth-order valence-corrected chi connectivity index (χ4v) is 5.32. The predicted molar refractivity (Wildman–Crippen MR) is 104 cm³/mol. The largest absolute Gasteiger partial charge is 0.393 e. The zero-order valence-electron chi connectivity index (χ0n) is 16.6. The van der Waals surface area contributed by atoms with Crippen molar-refractivity contribution < 1.29 is 9.90 Å². The van der Waals surface area contributed by atoms with Crippen molar-refractivity contribution in [1.29, 1.82) is 0 Å². The van der Waals surface area contributed by atoms with Crippen molar-refractivity contribution in [1.82, 2.24) is 19.4 Å². The van der Waals surface area contributed by atoms with E-state index in [0.717, 1.165) is 70.7 Å². The Hall–Kier alpha value is -1.40. The van der Waals surface area contributed by atoms with E-state index in [0.29, 0.717) is 23.8 Å². The van der Waals surface area contributed by atoms with Gasteiger partial charge in [0.2, 0.25) is 5.91 Å². The molecule has 1 aliphatic carbocycles. The standard InChI is InChI=1S/C21H34N4O2/c1-2-24-14-11-22-19(24)15-23-12-9-21(10-13-23)8-7-20(27)25(16-21)17-3-5-18(26)6-4-17/h11,14,17-18,26H,2-10,12-13,15-16H2,1H3. The molecular weight excluding hydrogens is 340 g/mol. The van der Waals surface area contributed by atoms with Crippen LogP contribution < -0.4 is 0 Å². The SMILES string of the molecule is CCn1ccnc1CN1CCC2(CCC(=O)N(C3CCC(O)CC3)C2)CC1. The summed E-state index contributed by atoms with van der Waals surface area (Å²) in [5, 5.41) is 9.79. The number of carbonyl (C=O) groups excluding carboxylic acids is 1. The van der Waals surface area contributed by atoms with E-state index >= 15 is 0 Å². The first kappa shape index (κ1) is 18.9. The van der Waals surface area contributed by atoms with E-state index in [9.17, 15) is 9.90 Å². The number of likely N-dealkylation sites (tertiary alicyclic amines) is 2. The third-order valence-corrected chi connectivity index (χ3v) is 7.23. The van der Waals surface area contributed by atoms with Gasteiger partial charge in [-0.05, 0) is 70.4 Å². The van der Waals surface area contributed by atoms with Crippen molar-refractivity contribution in [3.05, 3.63) is 18.2 Å². The number of aliphatic hydroxyl groups excluding tert-OH is 1. The quantitative estimate of drug-likeness (QED) is 0.879. The van der Waals surface area contributed by atoms with E-state index in [1.807, 2.05) is 6.20 Å². The maximum atomic E-state index is 12.6. The Bertz CT molecular complexity index is 642. The minimum atomic E-state index is -0.158. The van der Waals surface area contributed by atoms with Gasteiger partial charge in [0, 0.05) is 37.9 Å². The van der Waals surface area contributed by atoms with E-state index in [-0.39, 0.29) is 6.10 Å². The molecule has 1 aromatic rings. The van der Waals surface area contributed by atoms with Crippen molar-refractivity contribution in [3.8, 4) is 0 Å². The lowest BCUT2D eigenvalue weighted by atomic mass is 9.71. The summed E-state index contributed by atoms with van der Waals surface area (Å²) >= 11 is 0. The molecule has 3 aliphatic rings. The van der Waals surface area contributed by atoms with Gasteiger partial charge in [-0.25, -0.2) is 4.98 Å². The third kappa shape index (κ3) is 4.06. The Kier molecular flexibility index (Phi) is 5.55. The Labute approximate surface area is 162 Å². The van der Waals surface area contributed by atoms with Crippen molar-refractivity contribution in [2.75, 3.05) is 19.6 Å². The molecule has 4 rings (SSSR count). The first-order valence-electron chi connectivity index (χ1n) is 10.8. The monoisotopic (exact) mass is 374 g/mol. The summed E-state index contributed by atoms with van der Waals surface area (Å²) in [5.74, 6) is 1.50. The fourth-order valence-electron chi connectivity index (χ4n) is 5.32. The van der Waals surface area contributed by atoms with Gasteiger partial charge in [0.15, 0.2) is 0 Å². The van der Waals surface area contributed by atoms with Crippen molar-refractivity contribution >= 4 is 5.91 Å². The van der Waals surface area contributed by atoms with Crippen molar-refractivity contribution in [2.24, 2.45) is 5.41 Å². The first-order chi connectivity index (χ1) is 13.1. The van der Waals surface area contributed by atoms with Crippen LogP contribution in [0.15, 0.2) is 12.4 Å². The van der Waals surface area contributed by atoms with Gasteiger partial charge in [-0.15, -0.1) is 0 Å². The van der Waals surface area contributed by atoms with Gasteiger partial charge in [0.1, 0.15) is 5.82 Å². The lowest BCUT2D eigenvalue weighted by Crippen LogP contribution is -2.55. The van der Waals surface area contributed by atoms with E-state index in [1.54, 1.807) is 0 Å². The molecule has 3 heterocycles. The molecule has 0 atom stereocenters. The number of amides is 1. The number of aromatic nitrogens is 2. The number of aliphatic hydroxyl groups is 1. The summed E-state index contributed by atoms with van der Waals surface area (Å²) in [7, 11) is 0. The maximum Gasteiger partial charge on any atom is 0.222 e. The van der Waals surface area contributed by atoms with Crippen molar-refractivity contribution in [2.45, 2.75) is 83.5 Å². The normalized spacial score (nSPS) is 29.4. The van der Waals surface area contributed by atoms with Crippen LogP contribution in [0.4, 0.5) is 0 Å². The van der Waals surface area contributed by atoms with Crippen LogP contribution >= 0.6 is 0 Å². The third-order valence-electron chi connectivity index (χ3n) is 7.23. The van der Waals surface area contributed by atoms with Gasteiger partial charge >= 0.3 is 0 Å². The topological polar surface area (TPSA) is 61.6 Å². The molecule has 1 amide bonds. The van der Waals surface area contributed by atoms with Crippen LogP contribution in [-0.2, 0) is 17.9 Å². The highest BCUT2D eigenvalue weighted by Crippen LogP contribution is 2.42. The Balaban J connectivity index is 1.35. The summed E-state index contributed by atoms with van der Waals surface area (Å²) in [4.78, 5) is 21.8. The number of imidazole rings is 1. The molecule has 1 spiro atoms. The molecule has 6 nitrogen and oxygen atoms in total. The second-order valence-corrected chi connectivity index (χ2v) is 8.89. The van der Waals surface area contributed by atoms with E-state index in [2.05, 4.69) is 32.5 Å². The zero-order valence-corrected chi connectivity index (χ0v) is 16.6. The van der Waals surface area contributed by atoms with Gasteiger partial charge in [-0.3, -0.25) is 9.69 Å². The average Bonchev–Trinajstić information content (AvgIpc) is 3.14. The highest BCUT2D eigenvalue weighted by Gasteiger charge is 2.43. The minimum absolute atomic E-state index is 0.158. The molecule has 150 valence electrons. The molecular formula is C21H34N4O2. The predicted octanol–water partition coefficient (Wildman–Crippen LogP) is 2.41. The molecule has 1 N–H and O–H groups in total. The number of nitrogens with zero attached hydrogens (tertiary/aromatic N) is 4. The maximum absolute atomic E-state index is 12.6. The molecule has 27 heavy (non-hydrogen) atoms. The Morgan fingerprint density at radius 2 is 1.93 bits per heavy atom. The molecule has 0 aromatic carbocycles. The second-order valence-electron chi connectivity index (χ2n) is 8.89.